The van der Waals surface area contributed by atoms with E-state index in [1.54, 1.807) is 11.1 Å². The topological polar surface area (TPSA) is 53.3 Å². The van der Waals surface area contributed by atoms with E-state index in [0.29, 0.717) is 11.1 Å². The van der Waals surface area contributed by atoms with Crippen LogP contribution >= 0.6 is 11.8 Å². The summed E-state index contributed by atoms with van der Waals surface area (Å²) in [4.78, 5) is 14.1. The van der Waals surface area contributed by atoms with E-state index < -0.39 is 5.97 Å². The minimum atomic E-state index is -0.397. The quantitative estimate of drug-likeness (QED) is 0.551. The van der Waals surface area contributed by atoms with Crippen LogP contribution in [0.1, 0.15) is 6.42 Å². The van der Waals surface area contributed by atoms with Crippen LogP contribution < -0.4 is 0 Å². The lowest BCUT2D eigenvalue weighted by atomic mass is 10.1. The Morgan fingerprint density at radius 3 is 2.81 bits per heavy atom. The number of carbonyl (C=O) groups is 1. The smallest absolute Gasteiger partial charge is 0.340 e. The van der Waals surface area contributed by atoms with Crippen molar-refractivity contribution in [3.05, 3.63) is 22.3 Å². The lowest BCUT2D eigenvalue weighted by molar-refractivity contribution is -0.135. The number of esters is 1. The van der Waals surface area contributed by atoms with Crippen molar-refractivity contribution in [1.82, 2.24) is 4.90 Å². The van der Waals surface area contributed by atoms with Crippen molar-refractivity contribution >= 4 is 17.7 Å². The molecule has 0 aromatic carbocycles. The van der Waals surface area contributed by atoms with Crippen molar-refractivity contribution in [2.75, 3.05) is 27.0 Å². The molecule has 86 valence electrons. The molecule has 5 heteroatoms. The van der Waals surface area contributed by atoms with Crippen molar-refractivity contribution in [1.29, 1.82) is 5.26 Å². The summed E-state index contributed by atoms with van der Waals surface area (Å²) in [5.41, 5.74) is 1.13. The maximum absolute atomic E-state index is 11.6. The highest BCUT2D eigenvalue weighted by molar-refractivity contribution is 8.03. The number of allylic oxidation sites excluding steroid dienone is 1. The van der Waals surface area contributed by atoms with Crippen LogP contribution in [0.15, 0.2) is 22.3 Å². The summed E-state index contributed by atoms with van der Waals surface area (Å²) in [5.74, 6) is 0.450. The summed E-state index contributed by atoms with van der Waals surface area (Å²) >= 11 is 1.53. The van der Waals surface area contributed by atoms with Crippen LogP contribution in [-0.4, -0.2) is 37.8 Å². The minimum Gasteiger partial charge on any atom is -0.465 e. The number of nitrogens with zero attached hydrogens (tertiary/aromatic N) is 2. The molecule has 0 spiro atoms. The van der Waals surface area contributed by atoms with Gasteiger partial charge in [-0.1, -0.05) is 0 Å². The predicted octanol–water partition coefficient (Wildman–Crippen LogP) is 1.52. The highest BCUT2D eigenvalue weighted by Gasteiger charge is 2.24. The predicted molar refractivity (Wildman–Crippen MR) is 63.5 cm³/mol. The second-order valence-electron chi connectivity index (χ2n) is 3.52. The van der Waals surface area contributed by atoms with Gasteiger partial charge >= 0.3 is 5.97 Å². The average molecular weight is 238 g/mol. The van der Waals surface area contributed by atoms with Gasteiger partial charge in [0, 0.05) is 36.5 Å². The zero-order chi connectivity index (χ0) is 12.1. The van der Waals surface area contributed by atoms with E-state index in [2.05, 4.69) is 6.07 Å². The average Bonchev–Trinajstić information content (AvgIpc) is 2.72. The lowest BCUT2D eigenvalue weighted by Crippen LogP contribution is -2.11. The highest BCUT2D eigenvalue weighted by atomic mass is 32.2. The van der Waals surface area contributed by atoms with Crippen molar-refractivity contribution in [2.45, 2.75) is 6.42 Å². The molecule has 0 aliphatic carbocycles. The van der Waals surface area contributed by atoms with E-state index in [1.165, 1.54) is 18.9 Å². The van der Waals surface area contributed by atoms with Crippen LogP contribution in [0, 0.1) is 11.3 Å². The highest BCUT2D eigenvalue weighted by Crippen LogP contribution is 2.36. The number of carbonyl (C=O) groups excluding carboxylic acids is 1. The van der Waals surface area contributed by atoms with Crippen molar-refractivity contribution in [2.24, 2.45) is 0 Å². The fraction of sp³-hybridized carbons (Fsp3) is 0.455. The van der Waals surface area contributed by atoms with E-state index in [0.717, 1.165) is 17.1 Å². The monoisotopic (exact) mass is 238 g/mol. The molecule has 0 unspecified atom stereocenters. The van der Waals surface area contributed by atoms with E-state index in [-0.39, 0.29) is 0 Å². The Morgan fingerprint density at radius 2 is 2.31 bits per heavy atom. The first-order chi connectivity index (χ1) is 7.60. The zero-order valence-electron chi connectivity index (χ0n) is 9.61. The Hall–Kier alpha value is -1.41. The lowest BCUT2D eigenvalue weighted by Gasteiger charge is -2.11. The van der Waals surface area contributed by atoms with E-state index >= 15 is 0 Å². The fourth-order valence-corrected chi connectivity index (χ4v) is 2.50. The van der Waals surface area contributed by atoms with Gasteiger partial charge in [-0.05, 0) is 6.42 Å². The molecule has 4 nitrogen and oxygen atoms in total. The first-order valence-corrected chi connectivity index (χ1v) is 5.81. The first kappa shape index (κ1) is 12.7. The maximum Gasteiger partial charge on any atom is 0.340 e. The van der Waals surface area contributed by atoms with Crippen LogP contribution in [0.2, 0.25) is 0 Å². The molecule has 16 heavy (non-hydrogen) atoms. The Kier molecular flexibility index (Phi) is 4.44. The first-order valence-electron chi connectivity index (χ1n) is 4.83. The fourth-order valence-electron chi connectivity index (χ4n) is 1.37. The molecule has 1 rings (SSSR count). The molecule has 0 atom stereocenters. The van der Waals surface area contributed by atoms with E-state index in [1.807, 2.05) is 14.1 Å². The van der Waals surface area contributed by atoms with Gasteiger partial charge in [-0.3, -0.25) is 0 Å². The second-order valence-corrected chi connectivity index (χ2v) is 4.62. The van der Waals surface area contributed by atoms with Crippen molar-refractivity contribution in [3.8, 4) is 6.07 Å². The van der Waals surface area contributed by atoms with Gasteiger partial charge in [0.25, 0.3) is 0 Å². The Labute approximate surface area is 99.6 Å². The maximum atomic E-state index is 11.6. The number of hydrogen-bond acceptors (Lipinski definition) is 5. The van der Waals surface area contributed by atoms with Crippen molar-refractivity contribution in [3.63, 3.8) is 0 Å². The largest absolute Gasteiger partial charge is 0.465 e. The molecular weight excluding hydrogens is 224 g/mol. The molecule has 1 aliphatic rings. The van der Waals surface area contributed by atoms with Gasteiger partial charge in [-0.2, -0.15) is 5.26 Å². The zero-order valence-corrected chi connectivity index (χ0v) is 10.4. The number of rotatable bonds is 3. The van der Waals surface area contributed by atoms with Crippen LogP contribution in [-0.2, 0) is 9.53 Å². The summed E-state index contributed by atoms with van der Waals surface area (Å²) in [6.07, 6.45) is 2.41. The van der Waals surface area contributed by atoms with Gasteiger partial charge in [-0.15, -0.1) is 11.8 Å². The summed E-state index contributed by atoms with van der Waals surface area (Å²) in [5, 5.41) is 8.96. The minimum absolute atomic E-state index is 0.397. The molecule has 0 N–H and O–H groups in total. The number of methoxy groups -OCH3 is 1. The standard InChI is InChI=1S/C11H14N2O2S/c1-13(2)7-9(11(14)15-3)10-8(6-12)4-5-16-10/h7H,4-5H2,1-3H3/b9-7-. The molecule has 0 saturated carbocycles. The third-order valence-corrected chi connectivity index (χ3v) is 3.21. The Morgan fingerprint density at radius 1 is 1.62 bits per heavy atom. The summed E-state index contributed by atoms with van der Waals surface area (Å²) in [6, 6.07) is 2.14. The van der Waals surface area contributed by atoms with Crippen LogP contribution in [0.5, 0.6) is 0 Å². The number of ether oxygens (including phenoxy) is 1. The van der Waals surface area contributed by atoms with E-state index in [4.69, 9.17) is 10.00 Å². The molecular formula is C11H14N2O2S. The SMILES string of the molecule is COC(=O)/C(=C\N(C)C)C1=C(C#N)CCS1. The van der Waals surface area contributed by atoms with Crippen molar-refractivity contribution < 1.29 is 9.53 Å². The number of thioether (sulfide) groups is 1. The van der Waals surface area contributed by atoms with Gasteiger partial charge in [0.2, 0.25) is 0 Å². The van der Waals surface area contributed by atoms with Gasteiger partial charge in [-0.25, -0.2) is 4.79 Å². The summed E-state index contributed by atoms with van der Waals surface area (Å²) in [7, 11) is 5.00. The van der Waals surface area contributed by atoms with Gasteiger partial charge < -0.3 is 9.64 Å². The van der Waals surface area contributed by atoms with E-state index in [9.17, 15) is 4.79 Å². The molecule has 0 saturated heterocycles. The molecule has 1 aliphatic heterocycles. The Bertz CT molecular complexity index is 391. The molecule has 0 aromatic heterocycles. The Balaban J connectivity index is 3.13. The van der Waals surface area contributed by atoms with Gasteiger partial charge in [0.15, 0.2) is 0 Å². The third kappa shape index (κ3) is 2.80. The van der Waals surface area contributed by atoms with Crippen LogP contribution in [0.3, 0.4) is 0 Å². The normalized spacial score (nSPS) is 16.0. The molecule has 0 fully saturated rings. The van der Waals surface area contributed by atoms with Gasteiger partial charge in [0.05, 0.1) is 18.8 Å². The summed E-state index contributed by atoms with van der Waals surface area (Å²) < 4.78 is 4.73. The molecule has 0 bridgehead atoms. The van der Waals surface area contributed by atoms with Gasteiger partial charge in [0.1, 0.15) is 0 Å². The number of nitriles is 1. The molecule has 0 radical (unpaired) electrons. The number of hydrogen-bond donors (Lipinski definition) is 0. The molecule has 0 amide bonds. The van der Waals surface area contributed by atoms with Crippen LogP contribution in [0.25, 0.3) is 0 Å². The summed E-state index contributed by atoms with van der Waals surface area (Å²) in [6.45, 7) is 0. The van der Waals surface area contributed by atoms with Crippen LogP contribution in [0.4, 0.5) is 0 Å². The molecule has 1 heterocycles. The third-order valence-electron chi connectivity index (χ3n) is 2.04. The molecule has 0 aromatic rings. The second kappa shape index (κ2) is 5.61.